The molecular formula is C30H27ClN4O5S. The van der Waals surface area contributed by atoms with E-state index in [1.807, 2.05) is 18.4 Å². The highest BCUT2D eigenvalue weighted by molar-refractivity contribution is 7.13. The number of nitrogens with zero attached hydrogens (tertiary/aromatic N) is 1. The summed E-state index contributed by atoms with van der Waals surface area (Å²) in [5.41, 5.74) is 9.03. The number of carbonyl (C=O) groups is 3. The van der Waals surface area contributed by atoms with Gasteiger partial charge in [0.15, 0.2) is 5.69 Å². The van der Waals surface area contributed by atoms with E-state index in [-0.39, 0.29) is 29.1 Å². The summed E-state index contributed by atoms with van der Waals surface area (Å²) < 4.78 is 6.07. The number of thiophene rings is 1. The molecule has 11 heteroatoms. The molecule has 5 rings (SSSR count). The van der Waals surface area contributed by atoms with Crippen molar-refractivity contribution in [3.8, 4) is 27.3 Å². The van der Waals surface area contributed by atoms with E-state index in [4.69, 9.17) is 22.1 Å². The van der Waals surface area contributed by atoms with E-state index in [1.54, 1.807) is 41.7 Å². The van der Waals surface area contributed by atoms with Crippen LogP contribution in [0.1, 0.15) is 55.8 Å². The number of benzene rings is 2. The summed E-state index contributed by atoms with van der Waals surface area (Å²) in [5.74, 6) is -1.78. The topological polar surface area (TPSA) is 144 Å². The van der Waals surface area contributed by atoms with Crippen molar-refractivity contribution in [3.05, 3.63) is 87.0 Å². The van der Waals surface area contributed by atoms with Crippen LogP contribution in [-0.4, -0.2) is 41.0 Å². The molecule has 0 saturated carbocycles. The van der Waals surface area contributed by atoms with E-state index < -0.39 is 17.8 Å². The second kappa shape index (κ2) is 12.1. The van der Waals surface area contributed by atoms with Gasteiger partial charge >= 0.3 is 5.97 Å². The summed E-state index contributed by atoms with van der Waals surface area (Å²) >= 11 is 7.86. The number of aromatic nitrogens is 1. The predicted molar refractivity (Wildman–Crippen MR) is 159 cm³/mol. The Bertz CT molecular complexity index is 1670. The first-order valence-electron chi connectivity index (χ1n) is 13.0. The third-order valence-corrected chi connectivity index (χ3v) is 8.01. The van der Waals surface area contributed by atoms with Crippen LogP contribution in [0.3, 0.4) is 0 Å². The lowest BCUT2D eigenvalue weighted by Gasteiger charge is -2.17. The maximum Gasteiger partial charge on any atom is 0.355 e. The first-order valence-corrected chi connectivity index (χ1v) is 14.3. The van der Waals surface area contributed by atoms with Crippen LogP contribution in [0.25, 0.3) is 21.6 Å². The van der Waals surface area contributed by atoms with Gasteiger partial charge in [-0.25, -0.2) is 9.78 Å². The quantitative estimate of drug-likeness (QED) is 0.209. The molecule has 0 fully saturated rings. The predicted octanol–water partition coefficient (Wildman–Crippen LogP) is 5.61. The van der Waals surface area contributed by atoms with Gasteiger partial charge in [0.25, 0.3) is 11.8 Å². The van der Waals surface area contributed by atoms with Crippen molar-refractivity contribution in [2.24, 2.45) is 5.73 Å². The number of pyridine rings is 1. The fraction of sp³-hybridized carbons (Fsp3) is 0.200. The molecule has 0 atom stereocenters. The molecule has 0 unspecified atom stereocenters. The number of anilines is 1. The van der Waals surface area contributed by atoms with Crippen LogP contribution in [0.5, 0.6) is 5.75 Å². The summed E-state index contributed by atoms with van der Waals surface area (Å²) in [6.45, 7) is 3.02. The number of amides is 2. The molecule has 1 aliphatic heterocycles. The summed E-state index contributed by atoms with van der Waals surface area (Å²) in [6.07, 6.45) is 1.41. The molecule has 210 valence electrons. The number of hydrogen-bond acceptors (Lipinski definition) is 7. The van der Waals surface area contributed by atoms with Crippen LogP contribution < -0.4 is 21.1 Å². The van der Waals surface area contributed by atoms with Crippen molar-refractivity contribution in [2.75, 3.05) is 18.5 Å². The minimum Gasteiger partial charge on any atom is -0.493 e. The van der Waals surface area contributed by atoms with Crippen LogP contribution in [0.4, 0.5) is 5.69 Å². The number of ether oxygens (including phenoxy) is 1. The highest BCUT2D eigenvalue weighted by Crippen LogP contribution is 2.43. The zero-order valence-electron chi connectivity index (χ0n) is 22.1. The SMILES string of the molecule is CCCNC(=O)c1ccc(-c2cc3c(cc2C(=O)Nc2ccc(CN)c(Cl)c2)-c2sccc2CCO3)c(C(=O)O)n1. The maximum atomic E-state index is 13.8. The highest BCUT2D eigenvalue weighted by Gasteiger charge is 2.26. The molecule has 0 saturated heterocycles. The fourth-order valence-corrected chi connectivity index (χ4v) is 5.85. The molecule has 2 aromatic carbocycles. The van der Waals surface area contributed by atoms with Crippen LogP contribution in [0.2, 0.25) is 5.02 Å². The first kappa shape index (κ1) is 28.3. The lowest BCUT2D eigenvalue weighted by atomic mass is 9.93. The number of carboxylic acid groups (broad SMARTS) is 1. The monoisotopic (exact) mass is 590 g/mol. The van der Waals surface area contributed by atoms with Gasteiger partial charge in [0.1, 0.15) is 11.4 Å². The highest BCUT2D eigenvalue weighted by atomic mass is 35.5. The molecule has 4 aromatic rings. The maximum absolute atomic E-state index is 13.8. The first-order chi connectivity index (χ1) is 19.8. The molecule has 5 N–H and O–H groups in total. The lowest BCUT2D eigenvalue weighted by Crippen LogP contribution is -2.25. The number of hydrogen-bond donors (Lipinski definition) is 4. The molecule has 0 radical (unpaired) electrons. The van der Waals surface area contributed by atoms with Crippen LogP contribution >= 0.6 is 22.9 Å². The summed E-state index contributed by atoms with van der Waals surface area (Å²) in [7, 11) is 0. The average molecular weight is 591 g/mol. The molecule has 9 nitrogen and oxygen atoms in total. The van der Waals surface area contributed by atoms with Crippen LogP contribution in [0, 0.1) is 0 Å². The number of nitrogens with two attached hydrogens (primary N) is 1. The van der Waals surface area contributed by atoms with Crippen molar-refractivity contribution in [1.82, 2.24) is 10.3 Å². The summed E-state index contributed by atoms with van der Waals surface area (Å²) in [5, 5.41) is 18.1. The van der Waals surface area contributed by atoms with Crippen molar-refractivity contribution >= 4 is 46.4 Å². The van der Waals surface area contributed by atoms with Crippen molar-refractivity contribution in [1.29, 1.82) is 0 Å². The van der Waals surface area contributed by atoms with E-state index in [1.165, 1.54) is 12.1 Å². The van der Waals surface area contributed by atoms with Gasteiger partial charge in [-0.15, -0.1) is 11.3 Å². The van der Waals surface area contributed by atoms with Crippen molar-refractivity contribution in [3.63, 3.8) is 0 Å². The fourth-order valence-electron chi connectivity index (χ4n) is 4.61. The smallest absolute Gasteiger partial charge is 0.355 e. The number of carboxylic acids is 1. The second-order valence-corrected chi connectivity index (χ2v) is 10.7. The summed E-state index contributed by atoms with van der Waals surface area (Å²) in [6, 6.07) is 13.4. The summed E-state index contributed by atoms with van der Waals surface area (Å²) in [4.78, 5) is 43.9. The van der Waals surface area contributed by atoms with Gasteiger partial charge in [0, 0.05) is 57.4 Å². The second-order valence-electron chi connectivity index (χ2n) is 9.39. The molecule has 1 aliphatic rings. The molecule has 2 amide bonds. The van der Waals surface area contributed by atoms with Gasteiger partial charge in [0.2, 0.25) is 0 Å². The van der Waals surface area contributed by atoms with E-state index in [9.17, 15) is 19.5 Å². The van der Waals surface area contributed by atoms with Gasteiger partial charge in [-0.05, 0) is 65.4 Å². The van der Waals surface area contributed by atoms with Gasteiger partial charge < -0.3 is 26.2 Å². The number of fused-ring (bicyclic) bond motifs is 3. The molecule has 3 heterocycles. The Labute approximate surface area is 245 Å². The molecule has 41 heavy (non-hydrogen) atoms. The number of aromatic carboxylic acids is 1. The van der Waals surface area contributed by atoms with Crippen molar-refractivity contribution < 1.29 is 24.2 Å². The normalized spacial score (nSPS) is 12.0. The Morgan fingerprint density at radius 1 is 1.07 bits per heavy atom. The molecule has 2 aromatic heterocycles. The Kier molecular flexibility index (Phi) is 8.34. The third-order valence-electron chi connectivity index (χ3n) is 6.67. The number of halogens is 1. The Morgan fingerprint density at radius 3 is 2.63 bits per heavy atom. The van der Waals surface area contributed by atoms with Gasteiger partial charge in [-0.2, -0.15) is 0 Å². The Hall–Kier alpha value is -4.25. The molecule has 0 bridgehead atoms. The molecule has 0 spiro atoms. The van der Waals surface area contributed by atoms with Crippen LogP contribution in [0.15, 0.2) is 53.9 Å². The Balaban J connectivity index is 1.66. The molecule has 0 aliphatic carbocycles. The number of carbonyl (C=O) groups excluding carboxylic acids is 2. The lowest BCUT2D eigenvalue weighted by molar-refractivity contribution is 0.0691. The van der Waals surface area contributed by atoms with Gasteiger partial charge in [0.05, 0.1) is 6.61 Å². The standard InChI is InChI=1S/C30H27ClN4O5S/c1-2-9-33-29(37)24-6-5-19(26(35-24)30(38)39)20-14-25-22(27-16(7-10-40-25)8-11-41-27)13-21(20)28(36)34-18-4-3-17(15-32)23(31)12-18/h3-6,8,11-14H,2,7,9-10,15,32H2,1H3,(H,33,37)(H,34,36)(H,38,39). The number of nitrogens with one attached hydrogen (secondary N) is 2. The van der Waals surface area contributed by atoms with Crippen molar-refractivity contribution in [2.45, 2.75) is 26.3 Å². The van der Waals surface area contributed by atoms with Gasteiger partial charge in [-0.3, -0.25) is 9.59 Å². The zero-order valence-corrected chi connectivity index (χ0v) is 23.7. The zero-order chi connectivity index (χ0) is 29.1. The van der Waals surface area contributed by atoms with Crippen LogP contribution in [-0.2, 0) is 13.0 Å². The number of rotatable bonds is 8. The largest absolute Gasteiger partial charge is 0.493 e. The van der Waals surface area contributed by atoms with Gasteiger partial charge in [-0.1, -0.05) is 24.6 Å². The minimum atomic E-state index is -1.34. The van der Waals surface area contributed by atoms with E-state index in [2.05, 4.69) is 15.6 Å². The Morgan fingerprint density at radius 2 is 1.90 bits per heavy atom. The minimum absolute atomic E-state index is 0.0329. The van der Waals surface area contributed by atoms with E-state index in [0.717, 1.165) is 28.0 Å². The van der Waals surface area contributed by atoms with E-state index in [0.29, 0.717) is 41.6 Å². The molecular weight excluding hydrogens is 564 g/mol. The average Bonchev–Trinajstić information content (AvgIpc) is 3.36. The van der Waals surface area contributed by atoms with E-state index >= 15 is 0 Å². The third kappa shape index (κ3) is 5.81.